The third-order valence-corrected chi connectivity index (χ3v) is 7.77. The Labute approximate surface area is 209 Å². The standard InChI is InChI=1S/C28H26FN3O3S/c1-28(2,16-36(3,34)35)26-25(17-4-6-18(7-5-17)27(30)33)23-12-19-14-31-15-20(19)13-24(23)32(26)22-10-8-21(29)9-11-22/h4-13,15H,14,16H2,1-3H3,(H2,30,33). The van der Waals surface area contributed by atoms with Crippen LogP contribution in [0.5, 0.6) is 0 Å². The van der Waals surface area contributed by atoms with Gasteiger partial charge in [-0.15, -0.1) is 0 Å². The lowest BCUT2D eigenvalue weighted by molar-refractivity contribution is 0.100. The molecule has 184 valence electrons. The maximum Gasteiger partial charge on any atom is 0.248 e. The molecule has 0 saturated carbocycles. The average Bonchev–Trinajstić information content (AvgIpc) is 3.39. The molecule has 0 radical (unpaired) electrons. The van der Waals surface area contributed by atoms with Gasteiger partial charge in [0.2, 0.25) is 5.91 Å². The highest BCUT2D eigenvalue weighted by atomic mass is 32.2. The van der Waals surface area contributed by atoms with Crippen LogP contribution in [0.3, 0.4) is 0 Å². The fourth-order valence-corrected chi connectivity index (χ4v) is 6.66. The zero-order valence-electron chi connectivity index (χ0n) is 20.2. The molecular formula is C28H26FN3O3S. The summed E-state index contributed by atoms with van der Waals surface area (Å²) in [6.07, 6.45) is 3.06. The minimum absolute atomic E-state index is 0.0922. The van der Waals surface area contributed by atoms with Crippen LogP contribution < -0.4 is 5.73 Å². The molecule has 0 fully saturated rings. The summed E-state index contributed by atoms with van der Waals surface area (Å²) in [5.74, 6) is -0.976. The van der Waals surface area contributed by atoms with Crippen molar-refractivity contribution in [3.63, 3.8) is 0 Å². The highest BCUT2D eigenvalue weighted by molar-refractivity contribution is 7.90. The van der Waals surface area contributed by atoms with Crippen LogP contribution in [0.4, 0.5) is 4.39 Å². The van der Waals surface area contributed by atoms with Crippen LogP contribution in [0.2, 0.25) is 0 Å². The van der Waals surface area contributed by atoms with Crippen molar-refractivity contribution in [3.8, 4) is 16.8 Å². The van der Waals surface area contributed by atoms with E-state index < -0.39 is 21.2 Å². The van der Waals surface area contributed by atoms with Gasteiger partial charge in [0.1, 0.15) is 15.7 Å². The summed E-state index contributed by atoms with van der Waals surface area (Å²) in [4.78, 5) is 16.1. The maximum absolute atomic E-state index is 13.9. The van der Waals surface area contributed by atoms with E-state index in [1.54, 1.807) is 24.3 Å². The molecule has 8 heteroatoms. The van der Waals surface area contributed by atoms with Gasteiger partial charge in [-0.3, -0.25) is 9.79 Å². The lowest BCUT2D eigenvalue weighted by Gasteiger charge is -2.28. The summed E-state index contributed by atoms with van der Waals surface area (Å²) < 4.78 is 41.0. The lowest BCUT2D eigenvalue weighted by atomic mass is 9.85. The van der Waals surface area contributed by atoms with Crippen molar-refractivity contribution >= 4 is 32.9 Å². The first-order valence-electron chi connectivity index (χ1n) is 11.5. The molecule has 1 amide bonds. The fourth-order valence-electron chi connectivity index (χ4n) is 5.21. The molecule has 0 bridgehead atoms. The molecule has 5 rings (SSSR count). The molecule has 3 aromatic carbocycles. The molecule has 1 aliphatic rings. The van der Waals surface area contributed by atoms with Gasteiger partial charge in [0.25, 0.3) is 0 Å². The molecule has 0 aliphatic carbocycles. The van der Waals surface area contributed by atoms with Crippen LogP contribution in [-0.2, 0) is 21.8 Å². The Morgan fingerprint density at radius 2 is 1.75 bits per heavy atom. The van der Waals surface area contributed by atoms with E-state index in [9.17, 15) is 17.6 Å². The van der Waals surface area contributed by atoms with Crippen molar-refractivity contribution in [2.75, 3.05) is 12.0 Å². The highest BCUT2D eigenvalue weighted by Crippen LogP contribution is 2.44. The average molecular weight is 504 g/mol. The van der Waals surface area contributed by atoms with E-state index in [2.05, 4.69) is 11.1 Å². The van der Waals surface area contributed by atoms with Crippen LogP contribution in [-0.4, -0.2) is 37.1 Å². The number of sulfone groups is 1. The van der Waals surface area contributed by atoms with Gasteiger partial charge in [0.15, 0.2) is 0 Å². The summed E-state index contributed by atoms with van der Waals surface area (Å²) >= 11 is 0. The molecule has 0 unspecified atom stereocenters. The summed E-state index contributed by atoms with van der Waals surface area (Å²) in [6, 6.07) is 17.3. The number of carbonyl (C=O) groups excluding carboxylic acids is 1. The number of carbonyl (C=O) groups is 1. The topological polar surface area (TPSA) is 94.5 Å². The van der Waals surface area contributed by atoms with E-state index in [4.69, 9.17) is 5.73 Å². The van der Waals surface area contributed by atoms with Crippen LogP contribution in [0.15, 0.2) is 65.7 Å². The van der Waals surface area contributed by atoms with Crippen LogP contribution >= 0.6 is 0 Å². The summed E-state index contributed by atoms with van der Waals surface area (Å²) in [7, 11) is -3.36. The second-order valence-electron chi connectivity index (χ2n) is 9.97. The quantitative estimate of drug-likeness (QED) is 0.410. The molecule has 6 nitrogen and oxygen atoms in total. The number of fused-ring (bicyclic) bond motifs is 2. The predicted molar refractivity (Wildman–Crippen MR) is 141 cm³/mol. The van der Waals surface area contributed by atoms with E-state index in [0.717, 1.165) is 38.9 Å². The number of amides is 1. The summed E-state index contributed by atoms with van der Waals surface area (Å²) in [6.45, 7) is 4.37. The maximum atomic E-state index is 13.9. The van der Waals surface area contributed by atoms with E-state index in [1.807, 2.05) is 42.8 Å². The fraction of sp³-hybridized carbons (Fsp3) is 0.214. The van der Waals surface area contributed by atoms with Crippen LogP contribution in [0.25, 0.3) is 27.7 Å². The SMILES string of the molecule is CC(C)(CS(C)(=O)=O)c1c(-c2ccc(C(N)=O)cc2)c2cc3c(cc2n1-c1ccc(F)cc1)C=NC3. The molecule has 2 heterocycles. The van der Waals surface area contributed by atoms with Gasteiger partial charge in [0, 0.05) is 45.8 Å². The van der Waals surface area contributed by atoms with Gasteiger partial charge in [-0.2, -0.15) is 0 Å². The van der Waals surface area contributed by atoms with Crippen molar-refractivity contribution in [2.45, 2.75) is 25.8 Å². The number of aromatic nitrogens is 1. The number of halogens is 1. The molecule has 1 aliphatic heterocycles. The molecule has 0 saturated heterocycles. The number of hydrogen-bond donors (Lipinski definition) is 1. The first-order chi connectivity index (χ1) is 16.9. The Kier molecular flexibility index (Phi) is 5.59. The first kappa shape index (κ1) is 23.9. The largest absolute Gasteiger partial charge is 0.366 e. The lowest BCUT2D eigenvalue weighted by Crippen LogP contribution is -2.30. The Hall–Kier alpha value is -3.78. The van der Waals surface area contributed by atoms with Crippen molar-refractivity contribution in [1.82, 2.24) is 4.57 Å². The van der Waals surface area contributed by atoms with E-state index >= 15 is 0 Å². The van der Waals surface area contributed by atoms with Crippen molar-refractivity contribution in [1.29, 1.82) is 0 Å². The number of primary amides is 1. The second-order valence-corrected chi connectivity index (χ2v) is 12.1. The number of hydrogen-bond acceptors (Lipinski definition) is 4. The van der Waals surface area contributed by atoms with E-state index in [1.165, 1.54) is 18.4 Å². The molecule has 36 heavy (non-hydrogen) atoms. The predicted octanol–water partition coefficient (Wildman–Crippen LogP) is 4.79. The minimum Gasteiger partial charge on any atom is -0.366 e. The zero-order valence-corrected chi connectivity index (χ0v) is 21.1. The summed E-state index contributed by atoms with van der Waals surface area (Å²) in [5.41, 5.74) is 11.1. The number of nitrogens with zero attached hydrogens (tertiary/aromatic N) is 2. The molecule has 0 atom stereocenters. The van der Waals surface area contributed by atoms with Crippen LogP contribution in [0, 0.1) is 5.82 Å². The van der Waals surface area contributed by atoms with Gasteiger partial charge >= 0.3 is 0 Å². The van der Waals surface area contributed by atoms with Crippen molar-refractivity contribution in [3.05, 3.63) is 88.9 Å². The number of benzene rings is 3. The minimum atomic E-state index is -3.36. The van der Waals surface area contributed by atoms with Gasteiger partial charge in [-0.1, -0.05) is 26.0 Å². The van der Waals surface area contributed by atoms with E-state index in [0.29, 0.717) is 17.8 Å². The molecule has 1 aromatic heterocycles. The molecule has 4 aromatic rings. The van der Waals surface area contributed by atoms with Gasteiger partial charge in [0.05, 0.1) is 17.8 Å². The Morgan fingerprint density at radius 1 is 1.08 bits per heavy atom. The monoisotopic (exact) mass is 503 g/mol. The van der Waals surface area contributed by atoms with Crippen molar-refractivity contribution < 1.29 is 17.6 Å². The molecule has 0 spiro atoms. The van der Waals surface area contributed by atoms with Crippen molar-refractivity contribution in [2.24, 2.45) is 10.7 Å². The van der Waals surface area contributed by atoms with Crippen LogP contribution in [0.1, 0.15) is 41.0 Å². The first-order valence-corrected chi connectivity index (χ1v) is 13.6. The number of nitrogens with two attached hydrogens (primary N) is 1. The summed E-state index contributed by atoms with van der Waals surface area (Å²) in [5, 5.41) is 0.923. The molecule has 2 N–H and O–H groups in total. The third kappa shape index (κ3) is 4.22. The Balaban J connectivity index is 1.92. The highest BCUT2D eigenvalue weighted by Gasteiger charge is 2.35. The third-order valence-electron chi connectivity index (χ3n) is 6.53. The smallest absolute Gasteiger partial charge is 0.248 e. The normalized spacial score (nSPS) is 13.3. The number of rotatable bonds is 6. The Morgan fingerprint density at radius 3 is 2.36 bits per heavy atom. The Bertz CT molecular complexity index is 1650. The number of aliphatic imine (C=N–C) groups is 1. The van der Waals surface area contributed by atoms with Gasteiger partial charge in [-0.05, 0) is 65.2 Å². The zero-order chi connectivity index (χ0) is 25.8. The van der Waals surface area contributed by atoms with E-state index in [-0.39, 0.29) is 11.6 Å². The van der Waals surface area contributed by atoms with Gasteiger partial charge in [-0.25, -0.2) is 12.8 Å². The molecular weight excluding hydrogens is 477 g/mol. The van der Waals surface area contributed by atoms with Gasteiger partial charge < -0.3 is 10.3 Å². The second kappa shape index (κ2) is 8.41.